The Bertz CT molecular complexity index is 1180. The monoisotopic (exact) mass is 556 g/mol. The van der Waals surface area contributed by atoms with E-state index in [0.717, 1.165) is 17.5 Å². The van der Waals surface area contributed by atoms with Crippen molar-refractivity contribution >= 4 is 29.3 Å². The molecule has 2 amide bonds. The lowest BCUT2D eigenvalue weighted by Gasteiger charge is -2.32. The number of nitrogens with zero attached hydrogens (tertiary/aromatic N) is 2. The molecule has 1 fully saturated rings. The summed E-state index contributed by atoms with van der Waals surface area (Å²) in [5.74, 6) is -0.295. The summed E-state index contributed by atoms with van der Waals surface area (Å²) in [4.78, 5) is 33.0. The Kier molecular flexibility index (Phi) is 9.61. The van der Waals surface area contributed by atoms with E-state index in [0.29, 0.717) is 36.9 Å². The number of nitrogens with two attached hydrogens (primary N) is 1. The van der Waals surface area contributed by atoms with E-state index < -0.39 is 35.7 Å². The molecule has 5 atom stereocenters. The molecule has 9 nitrogen and oxygen atoms in total. The normalized spacial score (nSPS) is 23.1. The number of aliphatic imine (C=N–C) groups is 1. The molecule has 210 valence electrons. The Morgan fingerprint density at radius 2 is 1.97 bits per heavy atom. The van der Waals surface area contributed by atoms with Crippen molar-refractivity contribution < 1.29 is 24.2 Å². The maximum atomic E-state index is 13.9. The van der Waals surface area contributed by atoms with Crippen LogP contribution >= 0.6 is 11.6 Å². The average molecular weight is 557 g/mol. The molecule has 2 aromatic carbocycles. The van der Waals surface area contributed by atoms with Crippen molar-refractivity contribution in [3.05, 3.63) is 70.7 Å². The Balaban J connectivity index is 1.52. The zero-order valence-corrected chi connectivity index (χ0v) is 23.1. The van der Waals surface area contributed by atoms with Gasteiger partial charge in [-0.2, -0.15) is 0 Å². The van der Waals surface area contributed by atoms with Gasteiger partial charge in [0.1, 0.15) is 24.2 Å². The number of ether oxygens (including phenoxy) is 2. The van der Waals surface area contributed by atoms with Gasteiger partial charge in [0.15, 0.2) is 0 Å². The number of halogens is 1. The van der Waals surface area contributed by atoms with E-state index in [1.807, 2.05) is 48.5 Å². The second kappa shape index (κ2) is 12.9. The molecule has 39 heavy (non-hydrogen) atoms. The molecule has 4 rings (SSSR count). The van der Waals surface area contributed by atoms with Gasteiger partial charge in [-0.3, -0.25) is 9.59 Å². The SMILES string of the molecule is C[C@H](N)C(=O)N[C@H](C(=O)N1CCC[C@H]1C1=N[C@](CO)(Cc2cccc(Cl)c2)CO1)[C@@H](C)OCc1ccccc1. The second-order valence-corrected chi connectivity index (χ2v) is 10.8. The Hall–Kier alpha value is -2.98. The van der Waals surface area contributed by atoms with Crippen molar-refractivity contribution in [2.45, 2.75) is 69.5 Å². The van der Waals surface area contributed by atoms with Gasteiger partial charge in [0.25, 0.3) is 0 Å². The number of carbonyl (C=O) groups is 2. The van der Waals surface area contributed by atoms with Crippen molar-refractivity contribution in [3.63, 3.8) is 0 Å². The van der Waals surface area contributed by atoms with Crippen molar-refractivity contribution in [1.82, 2.24) is 10.2 Å². The van der Waals surface area contributed by atoms with Gasteiger partial charge >= 0.3 is 0 Å². The number of benzene rings is 2. The zero-order chi connectivity index (χ0) is 28.0. The number of aliphatic hydroxyl groups is 1. The highest BCUT2D eigenvalue weighted by atomic mass is 35.5. The van der Waals surface area contributed by atoms with Crippen LogP contribution in [0.25, 0.3) is 0 Å². The van der Waals surface area contributed by atoms with E-state index in [1.54, 1.807) is 24.8 Å². The summed E-state index contributed by atoms with van der Waals surface area (Å²) in [5, 5.41) is 13.7. The van der Waals surface area contributed by atoms with Gasteiger partial charge in [-0.05, 0) is 49.9 Å². The molecule has 2 aliphatic heterocycles. The molecule has 0 unspecified atom stereocenters. The topological polar surface area (TPSA) is 126 Å². The highest BCUT2D eigenvalue weighted by Crippen LogP contribution is 2.30. The number of carbonyl (C=O) groups excluding carboxylic acids is 2. The first-order valence-electron chi connectivity index (χ1n) is 13.3. The van der Waals surface area contributed by atoms with E-state index in [-0.39, 0.29) is 19.1 Å². The van der Waals surface area contributed by atoms with E-state index in [1.165, 1.54) is 0 Å². The van der Waals surface area contributed by atoms with Crippen LogP contribution in [0.5, 0.6) is 0 Å². The van der Waals surface area contributed by atoms with Crippen LogP contribution in [0.4, 0.5) is 0 Å². The van der Waals surface area contributed by atoms with Gasteiger partial charge in [0.2, 0.25) is 17.7 Å². The van der Waals surface area contributed by atoms with E-state index in [2.05, 4.69) is 5.32 Å². The molecule has 0 spiro atoms. The number of rotatable bonds is 11. The maximum Gasteiger partial charge on any atom is 0.248 e. The number of nitrogens with one attached hydrogen (secondary N) is 1. The average Bonchev–Trinajstić information content (AvgIpc) is 3.58. The molecular formula is C29H37ClN4O5. The minimum atomic E-state index is -0.941. The number of hydrogen-bond donors (Lipinski definition) is 3. The molecule has 2 aromatic rings. The molecule has 2 aliphatic rings. The first kappa shape index (κ1) is 29.0. The first-order valence-corrected chi connectivity index (χ1v) is 13.7. The molecule has 0 saturated carbocycles. The second-order valence-electron chi connectivity index (χ2n) is 10.4. The van der Waals surface area contributed by atoms with Crippen LogP contribution in [0.3, 0.4) is 0 Å². The lowest BCUT2D eigenvalue weighted by molar-refractivity contribution is -0.141. The highest BCUT2D eigenvalue weighted by Gasteiger charge is 2.44. The fraction of sp³-hybridized carbons (Fsp3) is 0.483. The van der Waals surface area contributed by atoms with Gasteiger partial charge in [0.05, 0.1) is 25.4 Å². The predicted octanol–water partition coefficient (Wildman–Crippen LogP) is 2.47. The third kappa shape index (κ3) is 7.16. The summed E-state index contributed by atoms with van der Waals surface area (Å²) in [6.45, 7) is 4.11. The van der Waals surface area contributed by atoms with E-state index in [4.69, 9.17) is 31.8 Å². The van der Waals surface area contributed by atoms with Crippen molar-refractivity contribution in [3.8, 4) is 0 Å². The van der Waals surface area contributed by atoms with Crippen LogP contribution in [0.15, 0.2) is 59.6 Å². The molecule has 0 bridgehead atoms. The summed E-state index contributed by atoms with van der Waals surface area (Å²) in [5.41, 5.74) is 6.84. The molecule has 0 aromatic heterocycles. The third-order valence-corrected chi connectivity index (χ3v) is 7.41. The van der Waals surface area contributed by atoms with Crippen LogP contribution in [-0.4, -0.2) is 77.2 Å². The van der Waals surface area contributed by atoms with Gasteiger partial charge < -0.3 is 30.5 Å². The summed E-state index contributed by atoms with van der Waals surface area (Å²) in [6, 6.07) is 14.9. The van der Waals surface area contributed by atoms with E-state index in [9.17, 15) is 14.7 Å². The standard InChI is InChI=1S/C29H37ClN4O5/c1-19(31)26(36)32-25(20(2)38-16-21-8-4-3-5-9-21)28(37)34-13-7-12-24(34)27-33-29(17-35,18-39-27)15-22-10-6-11-23(30)14-22/h3-6,8-11,14,19-20,24-25,35H,7,12-13,15-18,31H2,1-2H3,(H,32,36)/t19-,20+,24-,25-,29-/m0/s1. The van der Waals surface area contributed by atoms with E-state index >= 15 is 0 Å². The molecule has 10 heteroatoms. The zero-order valence-electron chi connectivity index (χ0n) is 22.4. The molecule has 0 radical (unpaired) electrons. The first-order chi connectivity index (χ1) is 18.7. The lowest BCUT2D eigenvalue weighted by Crippen LogP contribution is -2.58. The minimum Gasteiger partial charge on any atom is -0.477 e. The number of aliphatic hydroxyl groups excluding tert-OH is 1. The Morgan fingerprint density at radius 3 is 2.67 bits per heavy atom. The molecule has 4 N–H and O–H groups in total. The van der Waals surface area contributed by atoms with Gasteiger partial charge in [-0.25, -0.2) is 4.99 Å². The Labute approximate surface area is 234 Å². The maximum absolute atomic E-state index is 13.9. The van der Waals surface area contributed by atoms with Crippen molar-refractivity contribution in [1.29, 1.82) is 0 Å². The van der Waals surface area contributed by atoms with Gasteiger partial charge in [0, 0.05) is 18.0 Å². The van der Waals surface area contributed by atoms with Crippen molar-refractivity contribution in [2.75, 3.05) is 19.8 Å². The van der Waals surface area contributed by atoms with Crippen LogP contribution in [0, 0.1) is 0 Å². The number of amides is 2. The minimum absolute atomic E-state index is 0.200. The summed E-state index contributed by atoms with van der Waals surface area (Å²) >= 11 is 6.15. The lowest BCUT2D eigenvalue weighted by atomic mass is 9.93. The number of likely N-dealkylation sites (tertiary alicyclic amines) is 1. The quantitative estimate of drug-likeness (QED) is 0.390. The molecule has 2 heterocycles. The van der Waals surface area contributed by atoms with Gasteiger partial charge in [-0.1, -0.05) is 54.1 Å². The third-order valence-electron chi connectivity index (χ3n) is 7.18. The van der Waals surface area contributed by atoms with Crippen molar-refractivity contribution in [2.24, 2.45) is 10.7 Å². The van der Waals surface area contributed by atoms with Crippen LogP contribution < -0.4 is 11.1 Å². The highest BCUT2D eigenvalue weighted by molar-refractivity contribution is 6.30. The smallest absolute Gasteiger partial charge is 0.248 e. The van der Waals surface area contributed by atoms with Crippen LogP contribution in [0.1, 0.15) is 37.8 Å². The fourth-order valence-electron chi connectivity index (χ4n) is 4.96. The Morgan fingerprint density at radius 1 is 1.23 bits per heavy atom. The van der Waals surface area contributed by atoms with Crippen LogP contribution in [-0.2, 0) is 32.1 Å². The molecule has 0 aliphatic carbocycles. The number of hydrogen-bond acceptors (Lipinski definition) is 7. The predicted molar refractivity (Wildman–Crippen MR) is 149 cm³/mol. The largest absolute Gasteiger partial charge is 0.477 e. The van der Waals surface area contributed by atoms with Gasteiger partial charge in [-0.15, -0.1) is 0 Å². The molecule has 1 saturated heterocycles. The summed E-state index contributed by atoms with van der Waals surface area (Å²) in [6.07, 6.45) is 1.25. The summed E-state index contributed by atoms with van der Waals surface area (Å²) < 4.78 is 12.0. The molecular weight excluding hydrogens is 520 g/mol. The summed E-state index contributed by atoms with van der Waals surface area (Å²) in [7, 11) is 0. The fourth-order valence-corrected chi connectivity index (χ4v) is 5.17. The van der Waals surface area contributed by atoms with Crippen LogP contribution in [0.2, 0.25) is 5.02 Å².